The van der Waals surface area contributed by atoms with Crippen LogP contribution in [-0.2, 0) is 9.53 Å². The van der Waals surface area contributed by atoms with Gasteiger partial charge in [-0.05, 0) is 25.2 Å². The summed E-state index contributed by atoms with van der Waals surface area (Å²) in [6.07, 6.45) is 33.2. The third-order valence-electron chi connectivity index (χ3n) is 7.79. The zero-order chi connectivity index (χ0) is 25.8. The molecule has 0 fully saturated rings. The van der Waals surface area contributed by atoms with Gasteiger partial charge in [-0.2, -0.15) is 0 Å². The third-order valence-corrected chi connectivity index (χ3v) is 7.79. The molecule has 0 aromatic carbocycles. The van der Waals surface area contributed by atoms with E-state index in [1.54, 1.807) is 0 Å². The molecular formula is C33H66O2. The van der Waals surface area contributed by atoms with Crippen molar-refractivity contribution in [1.29, 1.82) is 0 Å². The number of carbonyl (C=O) groups excluding carboxylic acids is 1. The van der Waals surface area contributed by atoms with E-state index in [4.69, 9.17) is 4.74 Å². The van der Waals surface area contributed by atoms with Crippen molar-refractivity contribution >= 4 is 5.97 Å². The molecule has 0 aliphatic heterocycles. The topological polar surface area (TPSA) is 26.3 Å². The molecule has 0 amide bonds. The van der Waals surface area contributed by atoms with Gasteiger partial charge in [0.15, 0.2) is 0 Å². The molecule has 210 valence electrons. The first kappa shape index (κ1) is 34.5. The molecule has 0 saturated heterocycles. The van der Waals surface area contributed by atoms with Crippen molar-refractivity contribution in [2.24, 2.45) is 11.8 Å². The van der Waals surface area contributed by atoms with Crippen molar-refractivity contribution in [1.82, 2.24) is 0 Å². The van der Waals surface area contributed by atoms with Gasteiger partial charge in [0.2, 0.25) is 0 Å². The molecule has 0 spiro atoms. The van der Waals surface area contributed by atoms with Gasteiger partial charge in [-0.15, -0.1) is 0 Å². The summed E-state index contributed by atoms with van der Waals surface area (Å²) >= 11 is 0. The van der Waals surface area contributed by atoms with E-state index >= 15 is 0 Å². The number of rotatable bonds is 28. The smallest absolute Gasteiger partial charge is 0.308 e. The van der Waals surface area contributed by atoms with Crippen LogP contribution in [0.1, 0.15) is 188 Å². The molecule has 35 heavy (non-hydrogen) atoms. The Morgan fingerprint density at radius 2 is 0.800 bits per heavy atom. The molecule has 2 atom stereocenters. The van der Waals surface area contributed by atoms with E-state index in [2.05, 4.69) is 27.7 Å². The Kier molecular flexibility index (Phi) is 27.6. The van der Waals surface area contributed by atoms with E-state index in [0.717, 1.165) is 6.42 Å². The van der Waals surface area contributed by atoms with Crippen molar-refractivity contribution in [3.63, 3.8) is 0 Å². The Balaban J connectivity index is 3.88. The molecule has 0 aromatic heterocycles. The largest absolute Gasteiger partial charge is 0.465 e. The Hall–Kier alpha value is -0.530. The SMILES string of the molecule is CCCCCCCCCCCCCCC(C)C(=O)OCC(CCCCCC)CCCCCCCC. The van der Waals surface area contributed by atoms with Crippen LogP contribution in [0.4, 0.5) is 0 Å². The lowest BCUT2D eigenvalue weighted by Crippen LogP contribution is -2.20. The number of hydrogen-bond donors (Lipinski definition) is 0. The highest BCUT2D eigenvalue weighted by molar-refractivity contribution is 5.71. The van der Waals surface area contributed by atoms with Gasteiger partial charge in [-0.3, -0.25) is 4.79 Å². The summed E-state index contributed by atoms with van der Waals surface area (Å²) in [5, 5.41) is 0. The van der Waals surface area contributed by atoms with E-state index in [1.807, 2.05) is 0 Å². The third kappa shape index (κ3) is 24.9. The standard InChI is InChI=1S/C33H66O2/c1-5-8-11-14-16-17-18-19-20-21-22-24-27-31(4)33(34)35-30-32(28-25-13-10-7-3)29-26-23-15-12-9-6-2/h31-32H,5-30H2,1-4H3. The highest BCUT2D eigenvalue weighted by Gasteiger charge is 2.17. The maximum atomic E-state index is 12.6. The Bertz CT molecular complexity index is 419. The van der Waals surface area contributed by atoms with E-state index in [0.29, 0.717) is 12.5 Å². The molecule has 0 saturated carbocycles. The zero-order valence-corrected chi connectivity index (χ0v) is 24.9. The minimum Gasteiger partial charge on any atom is -0.465 e. The molecule has 2 unspecified atom stereocenters. The average molecular weight is 495 g/mol. The van der Waals surface area contributed by atoms with Gasteiger partial charge < -0.3 is 4.74 Å². The number of carbonyl (C=O) groups is 1. The monoisotopic (exact) mass is 495 g/mol. The predicted octanol–water partition coefficient (Wildman–Crippen LogP) is 11.6. The van der Waals surface area contributed by atoms with Gasteiger partial charge in [0.05, 0.1) is 12.5 Å². The maximum Gasteiger partial charge on any atom is 0.308 e. The number of unbranched alkanes of at least 4 members (excludes halogenated alkanes) is 19. The summed E-state index contributed by atoms with van der Waals surface area (Å²) < 4.78 is 5.84. The molecule has 0 bridgehead atoms. The maximum absolute atomic E-state index is 12.6. The van der Waals surface area contributed by atoms with Crippen LogP contribution in [0.3, 0.4) is 0 Å². The van der Waals surface area contributed by atoms with Crippen molar-refractivity contribution < 1.29 is 9.53 Å². The minimum absolute atomic E-state index is 0.0505. The van der Waals surface area contributed by atoms with Crippen LogP contribution in [0.2, 0.25) is 0 Å². The molecule has 0 aliphatic rings. The summed E-state index contributed by atoms with van der Waals surface area (Å²) in [4.78, 5) is 12.6. The molecule has 0 rings (SSSR count). The first-order valence-corrected chi connectivity index (χ1v) is 16.3. The van der Waals surface area contributed by atoms with Crippen LogP contribution in [-0.4, -0.2) is 12.6 Å². The van der Waals surface area contributed by atoms with Crippen LogP contribution in [0.25, 0.3) is 0 Å². The lowest BCUT2D eigenvalue weighted by molar-refractivity contribution is -0.149. The van der Waals surface area contributed by atoms with Crippen LogP contribution in [0, 0.1) is 11.8 Å². The van der Waals surface area contributed by atoms with E-state index < -0.39 is 0 Å². The summed E-state index contributed by atoms with van der Waals surface area (Å²) in [7, 11) is 0. The summed E-state index contributed by atoms with van der Waals surface area (Å²) in [6, 6.07) is 0. The van der Waals surface area contributed by atoms with Crippen LogP contribution >= 0.6 is 0 Å². The molecule has 0 N–H and O–H groups in total. The average Bonchev–Trinajstić information content (AvgIpc) is 2.86. The second kappa shape index (κ2) is 28.0. The normalized spacial score (nSPS) is 13.1. The number of esters is 1. The lowest BCUT2D eigenvalue weighted by atomic mass is 9.95. The molecule has 0 aliphatic carbocycles. The van der Waals surface area contributed by atoms with Gasteiger partial charge in [-0.25, -0.2) is 0 Å². The minimum atomic E-state index is 0.0505. The van der Waals surface area contributed by atoms with Crippen molar-refractivity contribution in [2.45, 2.75) is 188 Å². The van der Waals surface area contributed by atoms with Gasteiger partial charge in [-0.1, -0.05) is 169 Å². The van der Waals surface area contributed by atoms with Crippen LogP contribution in [0.5, 0.6) is 0 Å². The van der Waals surface area contributed by atoms with Crippen molar-refractivity contribution in [3.05, 3.63) is 0 Å². The van der Waals surface area contributed by atoms with Gasteiger partial charge in [0, 0.05) is 0 Å². The van der Waals surface area contributed by atoms with Crippen LogP contribution < -0.4 is 0 Å². The Morgan fingerprint density at radius 3 is 1.20 bits per heavy atom. The molecule has 0 radical (unpaired) electrons. The number of hydrogen-bond acceptors (Lipinski definition) is 2. The van der Waals surface area contributed by atoms with Crippen molar-refractivity contribution in [3.8, 4) is 0 Å². The Labute approximate surface area is 222 Å². The van der Waals surface area contributed by atoms with E-state index in [-0.39, 0.29) is 11.9 Å². The van der Waals surface area contributed by atoms with Gasteiger partial charge in [0.1, 0.15) is 0 Å². The fourth-order valence-corrected chi connectivity index (χ4v) is 5.14. The zero-order valence-electron chi connectivity index (χ0n) is 24.9. The van der Waals surface area contributed by atoms with Gasteiger partial charge in [0.25, 0.3) is 0 Å². The highest BCUT2D eigenvalue weighted by atomic mass is 16.5. The Morgan fingerprint density at radius 1 is 0.486 bits per heavy atom. The van der Waals surface area contributed by atoms with Crippen molar-refractivity contribution in [2.75, 3.05) is 6.61 Å². The fraction of sp³-hybridized carbons (Fsp3) is 0.970. The summed E-state index contributed by atoms with van der Waals surface area (Å²) in [5.74, 6) is 0.684. The summed E-state index contributed by atoms with van der Waals surface area (Å²) in [6.45, 7) is 9.56. The quantitative estimate of drug-likeness (QED) is 0.0798. The lowest BCUT2D eigenvalue weighted by Gasteiger charge is -2.19. The highest BCUT2D eigenvalue weighted by Crippen LogP contribution is 2.21. The molecule has 0 heterocycles. The molecular weight excluding hydrogens is 428 g/mol. The van der Waals surface area contributed by atoms with E-state index in [9.17, 15) is 4.79 Å². The van der Waals surface area contributed by atoms with Crippen LogP contribution in [0.15, 0.2) is 0 Å². The first-order chi connectivity index (χ1) is 17.2. The fourth-order valence-electron chi connectivity index (χ4n) is 5.14. The van der Waals surface area contributed by atoms with E-state index in [1.165, 1.54) is 154 Å². The predicted molar refractivity (Wildman–Crippen MR) is 156 cm³/mol. The molecule has 2 nitrogen and oxygen atoms in total. The van der Waals surface area contributed by atoms with Gasteiger partial charge >= 0.3 is 5.97 Å². The second-order valence-corrected chi connectivity index (χ2v) is 11.5. The molecule has 0 aromatic rings. The molecule has 2 heteroatoms. The number of ether oxygens (including phenoxy) is 1. The summed E-state index contributed by atoms with van der Waals surface area (Å²) in [5.41, 5.74) is 0. The second-order valence-electron chi connectivity index (χ2n) is 11.5. The first-order valence-electron chi connectivity index (χ1n) is 16.3.